The van der Waals surface area contributed by atoms with Gasteiger partial charge in [0.15, 0.2) is 0 Å². The van der Waals surface area contributed by atoms with Gasteiger partial charge < -0.3 is 0 Å². The largest absolute Gasteiger partial charge is 0.0795 e. The van der Waals surface area contributed by atoms with Gasteiger partial charge in [-0.3, -0.25) is 0 Å². The lowest BCUT2D eigenvalue weighted by Crippen LogP contribution is -1.98. The zero-order valence-corrected chi connectivity index (χ0v) is 8.86. The average molecular weight is 172 g/mol. The van der Waals surface area contributed by atoms with Gasteiger partial charge in [0.1, 0.15) is 0 Å². The maximum absolute atomic E-state index is 2.27. The standard InChI is InChI=1S/C13H16/c1-8-9(2)11(4)13-7-5-6-12(13)10(8)3/h5-6H,7H2,1-4H3. The second kappa shape index (κ2) is 2.73. The van der Waals surface area contributed by atoms with Gasteiger partial charge in [0.05, 0.1) is 0 Å². The van der Waals surface area contributed by atoms with Crippen LogP contribution in [0.25, 0.3) is 6.08 Å². The lowest BCUT2D eigenvalue weighted by Gasteiger charge is -2.15. The van der Waals surface area contributed by atoms with E-state index in [9.17, 15) is 0 Å². The van der Waals surface area contributed by atoms with E-state index < -0.39 is 0 Å². The summed E-state index contributed by atoms with van der Waals surface area (Å²) in [5, 5.41) is 0. The summed E-state index contributed by atoms with van der Waals surface area (Å²) >= 11 is 0. The van der Waals surface area contributed by atoms with Crippen molar-refractivity contribution in [2.45, 2.75) is 34.1 Å². The molecule has 0 heteroatoms. The van der Waals surface area contributed by atoms with Gasteiger partial charge in [-0.2, -0.15) is 0 Å². The molecule has 0 atom stereocenters. The van der Waals surface area contributed by atoms with E-state index in [4.69, 9.17) is 0 Å². The number of allylic oxidation sites excluding steroid dienone is 1. The molecule has 1 aromatic rings. The van der Waals surface area contributed by atoms with Crippen molar-refractivity contribution >= 4 is 6.08 Å². The van der Waals surface area contributed by atoms with E-state index in [1.807, 2.05) is 0 Å². The molecule has 0 spiro atoms. The summed E-state index contributed by atoms with van der Waals surface area (Å²) in [5.41, 5.74) is 8.90. The van der Waals surface area contributed by atoms with E-state index in [2.05, 4.69) is 39.8 Å². The Morgan fingerprint density at radius 3 is 2.15 bits per heavy atom. The van der Waals surface area contributed by atoms with Gasteiger partial charge in [-0.05, 0) is 67.5 Å². The smallest absolute Gasteiger partial charge is 0.00853 e. The summed E-state index contributed by atoms with van der Waals surface area (Å²) in [6.45, 7) is 8.93. The Bertz CT molecular complexity index is 395. The summed E-state index contributed by atoms with van der Waals surface area (Å²) in [5.74, 6) is 0. The predicted molar refractivity (Wildman–Crippen MR) is 58.1 cm³/mol. The fourth-order valence-corrected chi connectivity index (χ4v) is 2.20. The first kappa shape index (κ1) is 8.55. The molecule has 0 radical (unpaired) electrons. The number of benzene rings is 1. The molecule has 68 valence electrons. The molecule has 0 saturated heterocycles. The molecule has 2 rings (SSSR count). The topological polar surface area (TPSA) is 0 Å². The van der Waals surface area contributed by atoms with Gasteiger partial charge in [-0.1, -0.05) is 12.2 Å². The van der Waals surface area contributed by atoms with Gasteiger partial charge in [0, 0.05) is 0 Å². The highest BCUT2D eigenvalue weighted by molar-refractivity contribution is 5.68. The Labute approximate surface area is 80.3 Å². The van der Waals surface area contributed by atoms with Crippen LogP contribution in [-0.2, 0) is 6.42 Å². The fraction of sp³-hybridized carbons (Fsp3) is 0.385. The lowest BCUT2D eigenvalue weighted by atomic mass is 9.90. The van der Waals surface area contributed by atoms with Gasteiger partial charge in [-0.15, -0.1) is 0 Å². The molecular weight excluding hydrogens is 156 g/mol. The van der Waals surface area contributed by atoms with Gasteiger partial charge in [0.25, 0.3) is 0 Å². The Kier molecular flexibility index (Phi) is 1.80. The normalized spacial score (nSPS) is 13.5. The number of hydrogen-bond acceptors (Lipinski definition) is 0. The van der Waals surface area contributed by atoms with Gasteiger partial charge in [-0.25, -0.2) is 0 Å². The quantitative estimate of drug-likeness (QED) is 0.562. The van der Waals surface area contributed by atoms with Crippen molar-refractivity contribution in [2.75, 3.05) is 0 Å². The van der Waals surface area contributed by atoms with Crippen LogP contribution < -0.4 is 0 Å². The zero-order valence-electron chi connectivity index (χ0n) is 8.86. The van der Waals surface area contributed by atoms with Crippen molar-refractivity contribution in [3.63, 3.8) is 0 Å². The molecule has 0 unspecified atom stereocenters. The average Bonchev–Trinajstić information content (AvgIpc) is 2.59. The van der Waals surface area contributed by atoms with Crippen LogP contribution in [0, 0.1) is 27.7 Å². The van der Waals surface area contributed by atoms with Crippen molar-refractivity contribution in [1.82, 2.24) is 0 Å². The Balaban J connectivity index is 2.82. The Morgan fingerprint density at radius 2 is 1.46 bits per heavy atom. The van der Waals surface area contributed by atoms with E-state index in [1.165, 1.54) is 27.8 Å². The van der Waals surface area contributed by atoms with Crippen molar-refractivity contribution in [3.05, 3.63) is 39.5 Å². The fourth-order valence-electron chi connectivity index (χ4n) is 2.20. The first-order chi connectivity index (χ1) is 6.13. The summed E-state index contributed by atoms with van der Waals surface area (Å²) < 4.78 is 0. The highest BCUT2D eigenvalue weighted by Gasteiger charge is 2.14. The van der Waals surface area contributed by atoms with E-state index >= 15 is 0 Å². The van der Waals surface area contributed by atoms with Crippen LogP contribution in [0.5, 0.6) is 0 Å². The minimum atomic E-state index is 1.13. The van der Waals surface area contributed by atoms with Crippen molar-refractivity contribution < 1.29 is 0 Å². The molecule has 0 bridgehead atoms. The zero-order chi connectivity index (χ0) is 9.59. The molecule has 0 amide bonds. The van der Waals surface area contributed by atoms with Gasteiger partial charge >= 0.3 is 0 Å². The van der Waals surface area contributed by atoms with E-state index in [0.717, 1.165) is 6.42 Å². The molecule has 1 aliphatic carbocycles. The summed E-state index contributed by atoms with van der Waals surface area (Å²) in [4.78, 5) is 0. The molecule has 0 aromatic heterocycles. The molecule has 0 aliphatic heterocycles. The summed E-state index contributed by atoms with van der Waals surface area (Å²) in [7, 11) is 0. The van der Waals surface area contributed by atoms with Crippen LogP contribution >= 0.6 is 0 Å². The van der Waals surface area contributed by atoms with Crippen molar-refractivity contribution in [1.29, 1.82) is 0 Å². The third kappa shape index (κ3) is 1.05. The lowest BCUT2D eigenvalue weighted by molar-refractivity contribution is 1.14. The van der Waals surface area contributed by atoms with Crippen LogP contribution in [0.4, 0.5) is 0 Å². The SMILES string of the molecule is Cc1c(C)c(C)c2c(c1C)C=CC2. The first-order valence-corrected chi connectivity index (χ1v) is 4.88. The molecule has 0 heterocycles. The monoisotopic (exact) mass is 172 g/mol. The molecule has 0 saturated carbocycles. The van der Waals surface area contributed by atoms with Crippen molar-refractivity contribution in [3.8, 4) is 0 Å². The minimum absolute atomic E-state index is 1.13. The van der Waals surface area contributed by atoms with Crippen LogP contribution in [0.15, 0.2) is 6.08 Å². The molecule has 0 N–H and O–H groups in total. The van der Waals surface area contributed by atoms with Crippen LogP contribution in [0.2, 0.25) is 0 Å². The molecular formula is C13H16. The van der Waals surface area contributed by atoms with E-state index in [0.29, 0.717) is 0 Å². The third-order valence-electron chi connectivity index (χ3n) is 3.48. The highest BCUT2D eigenvalue weighted by atomic mass is 14.2. The van der Waals surface area contributed by atoms with Crippen LogP contribution in [-0.4, -0.2) is 0 Å². The predicted octanol–water partition coefficient (Wildman–Crippen LogP) is 3.49. The van der Waals surface area contributed by atoms with E-state index in [1.54, 1.807) is 5.56 Å². The molecule has 0 nitrogen and oxygen atoms in total. The Hall–Kier alpha value is -1.04. The number of fused-ring (bicyclic) bond motifs is 1. The molecule has 13 heavy (non-hydrogen) atoms. The third-order valence-corrected chi connectivity index (χ3v) is 3.48. The summed E-state index contributed by atoms with van der Waals surface area (Å²) in [6.07, 6.45) is 5.66. The minimum Gasteiger partial charge on any atom is -0.0795 e. The number of hydrogen-bond donors (Lipinski definition) is 0. The Morgan fingerprint density at radius 1 is 0.846 bits per heavy atom. The first-order valence-electron chi connectivity index (χ1n) is 4.88. The second-order valence-corrected chi connectivity index (χ2v) is 4.00. The number of rotatable bonds is 0. The van der Waals surface area contributed by atoms with E-state index in [-0.39, 0.29) is 0 Å². The molecule has 1 aliphatic rings. The highest BCUT2D eigenvalue weighted by Crippen LogP contribution is 2.31. The molecule has 0 fully saturated rings. The van der Waals surface area contributed by atoms with Gasteiger partial charge in [0.2, 0.25) is 0 Å². The maximum atomic E-state index is 2.27. The second-order valence-electron chi connectivity index (χ2n) is 4.00. The van der Waals surface area contributed by atoms with Crippen molar-refractivity contribution in [2.24, 2.45) is 0 Å². The maximum Gasteiger partial charge on any atom is -0.00853 e. The summed E-state index contributed by atoms with van der Waals surface area (Å²) in [6, 6.07) is 0. The molecule has 1 aromatic carbocycles. The van der Waals surface area contributed by atoms with Crippen LogP contribution in [0.1, 0.15) is 33.4 Å². The van der Waals surface area contributed by atoms with Crippen LogP contribution in [0.3, 0.4) is 0 Å².